The molecule has 0 unspecified atom stereocenters. The van der Waals surface area contributed by atoms with Gasteiger partial charge < -0.3 is 5.32 Å². The predicted octanol–water partition coefficient (Wildman–Crippen LogP) is 5.15. The van der Waals surface area contributed by atoms with Gasteiger partial charge in [0, 0.05) is 18.7 Å². The van der Waals surface area contributed by atoms with Crippen molar-refractivity contribution in [1.82, 2.24) is 10.2 Å². The standard InChI is InChI=1S/C25H28N2O/c28-25(26-18-23-10-7-9-21-8-3-4-11-24(21)23)22-14-12-20(13-15-22)19-27-16-5-1-2-6-17-27/h3-4,7-15H,1-2,5-6,16-19H2,(H,26,28). The predicted molar refractivity (Wildman–Crippen MR) is 115 cm³/mol. The average molecular weight is 373 g/mol. The Morgan fingerprint density at radius 3 is 2.32 bits per heavy atom. The number of carbonyl (C=O) groups is 1. The van der Waals surface area contributed by atoms with E-state index >= 15 is 0 Å². The highest BCUT2D eigenvalue weighted by atomic mass is 16.1. The van der Waals surface area contributed by atoms with Gasteiger partial charge >= 0.3 is 0 Å². The van der Waals surface area contributed by atoms with Crippen LogP contribution in [0.1, 0.15) is 47.2 Å². The number of rotatable bonds is 5. The van der Waals surface area contributed by atoms with E-state index in [0.29, 0.717) is 6.54 Å². The fourth-order valence-corrected chi connectivity index (χ4v) is 4.04. The molecule has 0 spiro atoms. The summed E-state index contributed by atoms with van der Waals surface area (Å²) >= 11 is 0. The number of carbonyl (C=O) groups excluding carboxylic acids is 1. The van der Waals surface area contributed by atoms with Crippen molar-refractivity contribution in [2.45, 2.75) is 38.8 Å². The number of nitrogens with one attached hydrogen (secondary N) is 1. The van der Waals surface area contributed by atoms with Crippen molar-refractivity contribution in [3.05, 3.63) is 83.4 Å². The maximum absolute atomic E-state index is 12.6. The van der Waals surface area contributed by atoms with Gasteiger partial charge in [0.15, 0.2) is 0 Å². The lowest BCUT2D eigenvalue weighted by Gasteiger charge is -2.19. The van der Waals surface area contributed by atoms with Crippen molar-refractivity contribution < 1.29 is 4.79 Å². The van der Waals surface area contributed by atoms with E-state index in [4.69, 9.17) is 0 Å². The number of hydrogen-bond donors (Lipinski definition) is 1. The molecule has 0 aromatic heterocycles. The fourth-order valence-electron chi connectivity index (χ4n) is 4.04. The summed E-state index contributed by atoms with van der Waals surface area (Å²) in [5.74, 6) is -0.0192. The molecule has 1 N–H and O–H groups in total. The van der Waals surface area contributed by atoms with Crippen LogP contribution in [0.3, 0.4) is 0 Å². The highest BCUT2D eigenvalue weighted by Crippen LogP contribution is 2.18. The Morgan fingerprint density at radius 1 is 0.821 bits per heavy atom. The van der Waals surface area contributed by atoms with Gasteiger partial charge in [0.25, 0.3) is 5.91 Å². The topological polar surface area (TPSA) is 32.3 Å². The molecule has 4 rings (SSSR count). The molecule has 1 aliphatic rings. The Labute approximate surface area is 167 Å². The molecule has 3 heteroatoms. The highest BCUT2D eigenvalue weighted by molar-refractivity contribution is 5.94. The minimum atomic E-state index is -0.0192. The van der Waals surface area contributed by atoms with Crippen LogP contribution in [0.4, 0.5) is 0 Å². The van der Waals surface area contributed by atoms with Crippen LogP contribution in [-0.4, -0.2) is 23.9 Å². The van der Waals surface area contributed by atoms with Crippen molar-refractivity contribution >= 4 is 16.7 Å². The maximum Gasteiger partial charge on any atom is 0.251 e. The SMILES string of the molecule is O=C(NCc1cccc2ccccc12)c1ccc(CN2CCCCCC2)cc1. The molecule has 1 heterocycles. The zero-order chi connectivity index (χ0) is 19.2. The summed E-state index contributed by atoms with van der Waals surface area (Å²) < 4.78 is 0. The largest absolute Gasteiger partial charge is 0.348 e. The van der Waals surface area contributed by atoms with Crippen LogP contribution in [0.2, 0.25) is 0 Å². The van der Waals surface area contributed by atoms with Gasteiger partial charge in [0.2, 0.25) is 0 Å². The van der Waals surface area contributed by atoms with Gasteiger partial charge in [-0.1, -0.05) is 67.4 Å². The zero-order valence-electron chi connectivity index (χ0n) is 16.4. The first kappa shape index (κ1) is 18.7. The number of hydrogen-bond acceptors (Lipinski definition) is 2. The maximum atomic E-state index is 12.6. The van der Waals surface area contributed by atoms with Crippen molar-refractivity contribution in [2.75, 3.05) is 13.1 Å². The van der Waals surface area contributed by atoms with E-state index in [-0.39, 0.29) is 5.91 Å². The Bertz CT molecular complexity index is 919. The van der Waals surface area contributed by atoms with E-state index in [1.54, 1.807) is 0 Å². The van der Waals surface area contributed by atoms with Crippen LogP contribution in [0.25, 0.3) is 10.8 Å². The third kappa shape index (κ3) is 4.60. The molecule has 0 radical (unpaired) electrons. The highest BCUT2D eigenvalue weighted by Gasteiger charge is 2.11. The quantitative estimate of drug-likeness (QED) is 0.672. The lowest BCUT2D eigenvalue weighted by molar-refractivity contribution is 0.0951. The van der Waals surface area contributed by atoms with Crippen molar-refractivity contribution in [3.8, 4) is 0 Å². The smallest absolute Gasteiger partial charge is 0.251 e. The molecule has 28 heavy (non-hydrogen) atoms. The van der Waals surface area contributed by atoms with Gasteiger partial charge in [0.1, 0.15) is 0 Å². The van der Waals surface area contributed by atoms with Gasteiger partial charge in [-0.25, -0.2) is 0 Å². The molecule has 3 aromatic rings. The van der Waals surface area contributed by atoms with Gasteiger partial charge in [0.05, 0.1) is 0 Å². The summed E-state index contributed by atoms with van der Waals surface area (Å²) in [6.07, 6.45) is 5.31. The second-order valence-electron chi connectivity index (χ2n) is 7.71. The van der Waals surface area contributed by atoms with Gasteiger partial charge in [-0.05, 0) is 60.0 Å². The Balaban J connectivity index is 1.37. The molecule has 1 aliphatic heterocycles. The van der Waals surface area contributed by atoms with Crippen LogP contribution in [-0.2, 0) is 13.1 Å². The zero-order valence-corrected chi connectivity index (χ0v) is 16.4. The van der Waals surface area contributed by atoms with Gasteiger partial charge in [-0.15, -0.1) is 0 Å². The molecule has 0 saturated carbocycles. The van der Waals surface area contributed by atoms with Crippen molar-refractivity contribution in [1.29, 1.82) is 0 Å². The molecule has 0 aliphatic carbocycles. The number of benzene rings is 3. The average Bonchev–Trinajstić information content (AvgIpc) is 3.01. The van der Waals surface area contributed by atoms with Crippen LogP contribution in [0.15, 0.2) is 66.7 Å². The molecule has 0 atom stereocenters. The van der Waals surface area contributed by atoms with Crippen molar-refractivity contribution in [3.63, 3.8) is 0 Å². The fraction of sp³-hybridized carbons (Fsp3) is 0.320. The molecule has 3 nitrogen and oxygen atoms in total. The molecular formula is C25H28N2O. The second kappa shape index (κ2) is 9.03. The lowest BCUT2D eigenvalue weighted by Crippen LogP contribution is -2.24. The number of amides is 1. The van der Waals surface area contributed by atoms with Crippen molar-refractivity contribution in [2.24, 2.45) is 0 Å². The summed E-state index contributed by atoms with van der Waals surface area (Å²) in [7, 11) is 0. The third-order valence-electron chi connectivity index (χ3n) is 5.64. The molecule has 1 amide bonds. The van der Waals surface area contributed by atoms with E-state index in [0.717, 1.165) is 17.7 Å². The first-order valence-electron chi connectivity index (χ1n) is 10.4. The van der Waals surface area contributed by atoms with E-state index < -0.39 is 0 Å². The Morgan fingerprint density at radius 2 is 1.54 bits per heavy atom. The van der Waals surface area contributed by atoms with Crippen LogP contribution in [0.5, 0.6) is 0 Å². The van der Waals surface area contributed by atoms with E-state index in [2.05, 4.69) is 46.6 Å². The number of nitrogens with zero attached hydrogens (tertiary/aromatic N) is 1. The summed E-state index contributed by atoms with van der Waals surface area (Å²) in [5.41, 5.74) is 3.15. The summed E-state index contributed by atoms with van der Waals surface area (Å²) in [6, 6.07) is 22.6. The van der Waals surface area contributed by atoms with Crippen LogP contribution >= 0.6 is 0 Å². The first-order valence-corrected chi connectivity index (χ1v) is 10.4. The summed E-state index contributed by atoms with van der Waals surface area (Å²) in [6.45, 7) is 3.90. The lowest BCUT2D eigenvalue weighted by atomic mass is 10.0. The molecular weight excluding hydrogens is 344 g/mol. The first-order chi connectivity index (χ1) is 13.8. The monoisotopic (exact) mass is 372 g/mol. The number of fused-ring (bicyclic) bond motifs is 1. The van der Waals surface area contributed by atoms with Crippen LogP contribution < -0.4 is 5.32 Å². The van der Waals surface area contributed by atoms with Gasteiger partial charge in [-0.2, -0.15) is 0 Å². The summed E-state index contributed by atoms with van der Waals surface area (Å²) in [5, 5.41) is 5.46. The van der Waals surface area contributed by atoms with E-state index in [9.17, 15) is 4.79 Å². The molecule has 3 aromatic carbocycles. The van der Waals surface area contributed by atoms with E-state index in [1.807, 2.05) is 30.3 Å². The van der Waals surface area contributed by atoms with Gasteiger partial charge in [-0.3, -0.25) is 9.69 Å². The normalized spacial score (nSPS) is 15.3. The third-order valence-corrected chi connectivity index (χ3v) is 5.64. The molecule has 0 bridgehead atoms. The second-order valence-corrected chi connectivity index (χ2v) is 7.71. The molecule has 1 fully saturated rings. The number of likely N-dealkylation sites (tertiary alicyclic amines) is 1. The molecule has 144 valence electrons. The Hall–Kier alpha value is -2.65. The minimum absolute atomic E-state index is 0.0192. The Kier molecular flexibility index (Phi) is 6.03. The van der Waals surface area contributed by atoms with Crippen LogP contribution in [0, 0.1) is 0 Å². The minimum Gasteiger partial charge on any atom is -0.348 e. The summed E-state index contributed by atoms with van der Waals surface area (Å²) in [4.78, 5) is 15.1. The molecule has 1 saturated heterocycles. The van der Waals surface area contributed by atoms with E-state index in [1.165, 1.54) is 55.1 Å².